The maximum Gasteiger partial charge on any atom is 0.258 e. The van der Waals surface area contributed by atoms with E-state index in [1.807, 2.05) is 26.0 Å². The summed E-state index contributed by atoms with van der Waals surface area (Å²) in [4.78, 5) is 25.9. The molecular formula is C13H14N2O2. The van der Waals surface area contributed by atoms with Crippen LogP contribution in [0.1, 0.15) is 25.3 Å². The number of H-pyrrole nitrogens is 1. The predicted molar refractivity (Wildman–Crippen MR) is 66.7 cm³/mol. The van der Waals surface area contributed by atoms with E-state index in [1.54, 1.807) is 12.3 Å². The Hall–Kier alpha value is -2.10. The second kappa shape index (κ2) is 4.41. The second-order valence-corrected chi connectivity index (χ2v) is 4.20. The fraction of sp³-hybridized carbons (Fsp3) is 0.231. The first kappa shape index (κ1) is 11.4. The van der Waals surface area contributed by atoms with Gasteiger partial charge in [-0.15, -0.1) is 0 Å². The summed E-state index contributed by atoms with van der Waals surface area (Å²) in [5, 5.41) is 0. The summed E-state index contributed by atoms with van der Waals surface area (Å²) >= 11 is 0. The summed E-state index contributed by atoms with van der Waals surface area (Å²) in [6.07, 6.45) is 3.20. The van der Waals surface area contributed by atoms with Gasteiger partial charge in [-0.25, -0.2) is 0 Å². The third-order valence-electron chi connectivity index (χ3n) is 2.64. The fourth-order valence-electron chi connectivity index (χ4n) is 1.74. The minimum atomic E-state index is -0.218. The minimum Gasteiger partial charge on any atom is -0.329 e. The zero-order chi connectivity index (χ0) is 12.4. The smallest absolute Gasteiger partial charge is 0.258 e. The van der Waals surface area contributed by atoms with Crippen molar-refractivity contribution < 1.29 is 0 Å². The molecule has 0 saturated carbocycles. The number of aromatic nitrogens is 2. The van der Waals surface area contributed by atoms with Crippen molar-refractivity contribution in [3.05, 3.63) is 62.9 Å². The number of nitrogens with zero attached hydrogens (tertiary/aromatic N) is 1. The summed E-state index contributed by atoms with van der Waals surface area (Å²) in [6.45, 7) is 3.94. The number of aromatic amines is 1. The Labute approximate surface area is 98.6 Å². The lowest BCUT2D eigenvalue weighted by Crippen LogP contribution is -2.23. The molecule has 4 nitrogen and oxygen atoms in total. The molecule has 0 radical (unpaired) electrons. The third kappa shape index (κ3) is 2.20. The first-order valence-corrected chi connectivity index (χ1v) is 5.50. The van der Waals surface area contributed by atoms with Crippen LogP contribution in [0, 0.1) is 0 Å². The molecule has 0 atom stereocenters. The third-order valence-corrected chi connectivity index (χ3v) is 2.64. The summed E-state index contributed by atoms with van der Waals surface area (Å²) in [6, 6.07) is 6.74. The molecule has 0 aromatic carbocycles. The molecule has 0 fully saturated rings. The molecule has 0 saturated heterocycles. The van der Waals surface area contributed by atoms with Crippen LogP contribution >= 0.6 is 0 Å². The summed E-state index contributed by atoms with van der Waals surface area (Å²) in [5.74, 6) is 0.164. The Balaban J connectivity index is 2.65. The van der Waals surface area contributed by atoms with Crippen molar-refractivity contribution in [1.29, 1.82) is 0 Å². The number of rotatable bonds is 2. The molecular weight excluding hydrogens is 216 g/mol. The van der Waals surface area contributed by atoms with Gasteiger partial charge >= 0.3 is 0 Å². The van der Waals surface area contributed by atoms with E-state index in [4.69, 9.17) is 0 Å². The average Bonchev–Trinajstić information content (AvgIpc) is 2.29. The normalized spacial score (nSPS) is 10.8. The van der Waals surface area contributed by atoms with E-state index in [0.29, 0.717) is 5.69 Å². The van der Waals surface area contributed by atoms with E-state index in [0.717, 1.165) is 5.56 Å². The van der Waals surface area contributed by atoms with Crippen molar-refractivity contribution in [3.63, 3.8) is 0 Å². The average molecular weight is 230 g/mol. The highest BCUT2D eigenvalue weighted by molar-refractivity contribution is 5.31. The lowest BCUT2D eigenvalue weighted by Gasteiger charge is -2.09. The fourth-order valence-corrected chi connectivity index (χ4v) is 1.74. The molecule has 0 unspecified atom stereocenters. The molecule has 0 bridgehead atoms. The van der Waals surface area contributed by atoms with Gasteiger partial charge in [0.1, 0.15) is 0 Å². The molecule has 4 heteroatoms. The second-order valence-electron chi connectivity index (χ2n) is 4.20. The van der Waals surface area contributed by atoms with Crippen molar-refractivity contribution >= 4 is 0 Å². The Morgan fingerprint density at radius 2 is 2.00 bits per heavy atom. The van der Waals surface area contributed by atoms with Gasteiger partial charge in [0.05, 0.1) is 5.69 Å². The van der Waals surface area contributed by atoms with Crippen molar-refractivity contribution in [2.45, 2.75) is 19.8 Å². The van der Waals surface area contributed by atoms with Gasteiger partial charge in [-0.05, 0) is 18.1 Å². The molecule has 1 N–H and O–H groups in total. The molecule has 0 aliphatic heterocycles. The maximum atomic E-state index is 12.2. The molecule has 2 heterocycles. The van der Waals surface area contributed by atoms with Crippen LogP contribution in [0.15, 0.2) is 46.2 Å². The van der Waals surface area contributed by atoms with Gasteiger partial charge in [-0.2, -0.15) is 0 Å². The van der Waals surface area contributed by atoms with E-state index < -0.39 is 0 Å². The van der Waals surface area contributed by atoms with E-state index in [1.165, 1.54) is 16.8 Å². The number of pyridine rings is 2. The first-order valence-electron chi connectivity index (χ1n) is 5.50. The quantitative estimate of drug-likeness (QED) is 0.852. The van der Waals surface area contributed by atoms with Crippen LogP contribution in [-0.4, -0.2) is 9.55 Å². The van der Waals surface area contributed by atoms with Gasteiger partial charge in [0.2, 0.25) is 5.56 Å². The molecule has 2 aromatic heterocycles. The first-order chi connectivity index (χ1) is 8.09. The number of hydrogen-bond acceptors (Lipinski definition) is 2. The number of nitrogens with one attached hydrogen (secondary N) is 1. The monoisotopic (exact) mass is 230 g/mol. The Kier molecular flexibility index (Phi) is 2.95. The van der Waals surface area contributed by atoms with Gasteiger partial charge < -0.3 is 4.98 Å². The van der Waals surface area contributed by atoms with Gasteiger partial charge in [0, 0.05) is 24.0 Å². The molecule has 2 rings (SSSR count). The van der Waals surface area contributed by atoms with Crippen molar-refractivity contribution in [2.75, 3.05) is 0 Å². The van der Waals surface area contributed by atoms with Crippen molar-refractivity contribution in [2.24, 2.45) is 0 Å². The topological polar surface area (TPSA) is 54.9 Å². The zero-order valence-corrected chi connectivity index (χ0v) is 9.81. The van der Waals surface area contributed by atoms with Crippen LogP contribution in [0.4, 0.5) is 0 Å². The molecule has 0 amide bonds. The Bertz CT molecular complexity index is 638. The highest BCUT2D eigenvalue weighted by Gasteiger charge is 2.07. The molecule has 2 aromatic rings. The SMILES string of the molecule is CC(C)c1cccn(-c2cc[nH]c(=O)c2)c1=O. The minimum absolute atomic E-state index is 0.0758. The van der Waals surface area contributed by atoms with Gasteiger partial charge in [-0.3, -0.25) is 14.2 Å². The van der Waals surface area contributed by atoms with E-state index in [9.17, 15) is 9.59 Å². The zero-order valence-electron chi connectivity index (χ0n) is 9.81. The van der Waals surface area contributed by atoms with E-state index in [2.05, 4.69) is 4.98 Å². The van der Waals surface area contributed by atoms with Crippen LogP contribution in [0.5, 0.6) is 0 Å². The maximum absolute atomic E-state index is 12.2. The van der Waals surface area contributed by atoms with E-state index >= 15 is 0 Å². The van der Waals surface area contributed by atoms with Crippen LogP contribution in [-0.2, 0) is 0 Å². The standard InChI is InChI=1S/C13H14N2O2/c1-9(2)11-4-3-7-15(13(11)17)10-5-6-14-12(16)8-10/h3-9H,1-2H3,(H,14,16). The van der Waals surface area contributed by atoms with Crippen LogP contribution in [0.3, 0.4) is 0 Å². The highest BCUT2D eigenvalue weighted by atomic mass is 16.1. The molecule has 17 heavy (non-hydrogen) atoms. The summed E-state index contributed by atoms with van der Waals surface area (Å²) < 4.78 is 1.49. The number of hydrogen-bond donors (Lipinski definition) is 1. The predicted octanol–water partition coefficient (Wildman–Crippen LogP) is 1.65. The van der Waals surface area contributed by atoms with Crippen LogP contribution in [0.2, 0.25) is 0 Å². The highest BCUT2D eigenvalue weighted by Crippen LogP contribution is 2.09. The lowest BCUT2D eigenvalue weighted by molar-refractivity contribution is 0.819. The van der Waals surface area contributed by atoms with Gasteiger partial charge in [0.25, 0.3) is 5.56 Å². The largest absolute Gasteiger partial charge is 0.329 e. The van der Waals surface area contributed by atoms with Crippen LogP contribution in [0.25, 0.3) is 5.69 Å². The summed E-state index contributed by atoms with van der Waals surface area (Å²) in [7, 11) is 0. The van der Waals surface area contributed by atoms with Crippen LogP contribution < -0.4 is 11.1 Å². The Morgan fingerprint density at radius 3 is 2.65 bits per heavy atom. The molecule has 0 aliphatic rings. The molecule has 0 aliphatic carbocycles. The van der Waals surface area contributed by atoms with E-state index in [-0.39, 0.29) is 17.0 Å². The van der Waals surface area contributed by atoms with Gasteiger partial charge in [-0.1, -0.05) is 19.9 Å². The van der Waals surface area contributed by atoms with Crippen molar-refractivity contribution in [1.82, 2.24) is 9.55 Å². The lowest BCUT2D eigenvalue weighted by atomic mass is 10.1. The van der Waals surface area contributed by atoms with Gasteiger partial charge in [0.15, 0.2) is 0 Å². The molecule has 88 valence electrons. The molecule has 0 spiro atoms. The Morgan fingerprint density at radius 1 is 1.24 bits per heavy atom. The summed E-state index contributed by atoms with van der Waals surface area (Å²) in [5.41, 5.74) is 1.03. The van der Waals surface area contributed by atoms with Crippen molar-refractivity contribution in [3.8, 4) is 5.69 Å².